The van der Waals surface area contributed by atoms with Crippen LogP contribution in [-0.2, 0) is 9.59 Å². The number of hydrogen-bond acceptors (Lipinski definition) is 3. The first-order valence-electron chi connectivity index (χ1n) is 6.28. The van der Waals surface area contributed by atoms with Gasteiger partial charge in [-0.25, -0.2) is 4.79 Å². The fourth-order valence-electron chi connectivity index (χ4n) is 2.64. The first-order valence-corrected chi connectivity index (χ1v) is 7.44. The molecule has 1 N–H and O–H groups in total. The molecule has 96 valence electrons. The van der Waals surface area contributed by atoms with Crippen molar-refractivity contribution in [3.63, 3.8) is 0 Å². The molecular formula is C12H19NO3S. The number of hydrogen-bond donors (Lipinski definition) is 1. The lowest BCUT2D eigenvalue weighted by Gasteiger charge is -2.26. The number of carbonyl (C=O) groups excluding carboxylic acids is 1. The Morgan fingerprint density at radius 1 is 1.24 bits per heavy atom. The van der Waals surface area contributed by atoms with Crippen molar-refractivity contribution in [2.45, 2.75) is 38.1 Å². The van der Waals surface area contributed by atoms with E-state index in [4.69, 9.17) is 5.11 Å². The Kier molecular flexibility index (Phi) is 4.31. The summed E-state index contributed by atoms with van der Waals surface area (Å²) in [6, 6.07) is -0.569. The second-order valence-electron chi connectivity index (χ2n) is 4.84. The van der Waals surface area contributed by atoms with Crippen LogP contribution in [0, 0.1) is 5.92 Å². The van der Waals surface area contributed by atoms with Gasteiger partial charge in [-0.2, -0.15) is 11.8 Å². The lowest BCUT2D eigenvalue weighted by molar-refractivity contribution is -0.148. The monoisotopic (exact) mass is 257 g/mol. The molecule has 2 aliphatic heterocycles. The molecule has 2 aliphatic rings. The molecule has 1 atom stereocenters. The normalized spacial score (nSPS) is 26.1. The minimum Gasteiger partial charge on any atom is -0.480 e. The largest absolute Gasteiger partial charge is 0.480 e. The number of rotatable bonds is 3. The Morgan fingerprint density at radius 2 is 1.94 bits per heavy atom. The molecule has 2 fully saturated rings. The van der Waals surface area contributed by atoms with E-state index in [0.717, 1.165) is 30.8 Å². The number of amides is 1. The standard InChI is InChI=1S/C12H19NO3S/c14-11(8-9-3-6-17-7-4-9)13-5-1-2-10(13)12(15)16/h9-10H,1-8H2,(H,15,16). The van der Waals surface area contributed by atoms with Crippen LogP contribution in [0.5, 0.6) is 0 Å². The van der Waals surface area contributed by atoms with Gasteiger partial charge >= 0.3 is 5.97 Å². The summed E-state index contributed by atoms with van der Waals surface area (Å²) in [5.41, 5.74) is 0. The van der Waals surface area contributed by atoms with Gasteiger partial charge < -0.3 is 10.0 Å². The topological polar surface area (TPSA) is 57.6 Å². The highest BCUT2D eigenvalue weighted by Crippen LogP contribution is 2.27. The summed E-state index contributed by atoms with van der Waals surface area (Å²) in [5.74, 6) is 1.95. The van der Waals surface area contributed by atoms with E-state index >= 15 is 0 Å². The molecule has 0 aromatic heterocycles. The zero-order valence-corrected chi connectivity index (χ0v) is 10.7. The van der Waals surface area contributed by atoms with E-state index in [1.807, 2.05) is 11.8 Å². The molecule has 17 heavy (non-hydrogen) atoms. The predicted molar refractivity (Wildman–Crippen MR) is 67.0 cm³/mol. The van der Waals surface area contributed by atoms with Crippen LogP contribution in [0.2, 0.25) is 0 Å². The second kappa shape index (κ2) is 5.76. The first-order chi connectivity index (χ1) is 8.18. The van der Waals surface area contributed by atoms with Gasteiger partial charge in [-0.3, -0.25) is 4.79 Å². The maximum atomic E-state index is 12.1. The lowest BCUT2D eigenvalue weighted by Crippen LogP contribution is -2.41. The number of carboxylic acids is 1. The minimum absolute atomic E-state index is 0.0480. The van der Waals surface area contributed by atoms with E-state index in [2.05, 4.69) is 0 Å². The molecule has 0 bridgehead atoms. The predicted octanol–water partition coefficient (Wildman–Crippen LogP) is 1.60. The summed E-state index contributed by atoms with van der Waals surface area (Å²) in [7, 11) is 0. The number of likely N-dealkylation sites (tertiary alicyclic amines) is 1. The van der Waals surface area contributed by atoms with Crippen LogP contribution in [0.3, 0.4) is 0 Å². The highest BCUT2D eigenvalue weighted by atomic mass is 32.2. The first kappa shape index (κ1) is 12.7. The SMILES string of the molecule is O=C(O)C1CCCN1C(=O)CC1CCSCC1. The molecular weight excluding hydrogens is 238 g/mol. The van der Waals surface area contributed by atoms with Crippen LogP contribution < -0.4 is 0 Å². The molecule has 2 saturated heterocycles. The van der Waals surface area contributed by atoms with Crippen LogP contribution in [0.1, 0.15) is 32.1 Å². The van der Waals surface area contributed by atoms with E-state index in [1.165, 1.54) is 0 Å². The number of nitrogens with zero attached hydrogens (tertiary/aromatic N) is 1. The van der Waals surface area contributed by atoms with E-state index in [9.17, 15) is 9.59 Å². The molecule has 0 aromatic carbocycles. The average molecular weight is 257 g/mol. The van der Waals surface area contributed by atoms with Crippen molar-refractivity contribution in [3.8, 4) is 0 Å². The Bertz CT molecular complexity index is 302. The summed E-state index contributed by atoms with van der Waals surface area (Å²) in [6.07, 6.45) is 4.18. The van der Waals surface area contributed by atoms with E-state index < -0.39 is 12.0 Å². The molecule has 5 heteroatoms. The highest BCUT2D eigenvalue weighted by Gasteiger charge is 2.34. The molecule has 0 aliphatic carbocycles. The number of thioether (sulfide) groups is 1. The maximum Gasteiger partial charge on any atom is 0.326 e. The van der Waals surface area contributed by atoms with Gasteiger partial charge in [0.15, 0.2) is 0 Å². The minimum atomic E-state index is -0.852. The van der Waals surface area contributed by atoms with Gasteiger partial charge in [0, 0.05) is 13.0 Å². The van der Waals surface area contributed by atoms with Gasteiger partial charge in [-0.05, 0) is 43.1 Å². The van der Waals surface area contributed by atoms with E-state index in [0.29, 0.717) is 25.3 Å². The zero-order chi connectivity index (χ0) is 12.3. The van der Waals surface area contributed by atoms with Crippen molar-refractivity contribution in [2.75, 3.05) is 18.1 Å². The Morgan fingerprint density at radius 3 is 2.59 bits per heavy atom. The van der Waals surface area contributed by atoms with Gasteiger partial charge in [0.05, 0.1) is 0 Å². The molecule has 0 saturated carbocycles. The van der Waals surface area contributed by atoms with Crippen LogP contribution >= 0.6 is 11.8 Å². The van der Waals surface area contributed by atoms with Gasteiger partial charge in [0.2, 0.25) is 5.91 Å². The smallest absolute Gasteiger partial charge is 0.326 e. The third kappa shape index (κ3) is 3.15. The van der Waals surface area contributed by atoms with E-state index in [1.54, 1.807) is 4.90 Å². The highest BCUT2D eigenvalue weighted by molar-refractivity contribution is 7.99. The summed E-state index contributed by atoms with van der Waals surface area (Å²) in [5, 5.41) is 9.04. The summed E-state index contributed by atoms with van der Waals surface area (Å²) >= 11 is 1.94. The van der Waals surface area contributed by atoms with Crippen LogP contribution in [0.4, 0.5) is 0 Å². The summed E-state index contributed by atoms with van der Waals surface area (Å²) in [4.78, 5) is 24.7. The zero-order valence-electron chi connectivity index (χ0n) is 9.93. The van der Waals surface area contributed by atoms with Crippen LogP contribution in [-0.4, -0.2) is 46.0 Å². The summed E-state index contributed by atoms with van der Waals surface area (Å²) in [6.45, 7) is 0.622. The maximum absolute atomic E-state index is 12.1. The van der Waals surface area contributed by atoms with Crippen molar-refractivity contribution >= 4 is 23.6 Å². The molecule has 0 aromatic rings. The van der Waals surface area contributed by atoms with Crippen LogP contribution in [0.25, 0.3) is 0 Å². The quantitative estimate of drug-likeness (QED) is 0.834. The van der Waals surface area contributed by atoms with Crippen molar-refractivity contribution in [1.29, 1.82) is 0 Å². The van der Waals surface area contributed by atoms with Gasteiger partial charge in [0.1, 0.15) is 6.04 Å². The summed E-state index contributed by atoms with van der Waals surface area (Å²) < 4.78 is 0. The van der Waals surface area contributed by atoms with Crippen molar-refractivity contribution in [1.82, 2.24) is 4.90 Å². The number of carbonyl (C=O) groups is 2. The molecule has 4 nitrogen and oxygen atoms in total. The molecule has 2 rings (SSSR count). The fraction of sp³-hybridized carbons (Fsp3) is 0.833. The second-order valence-corrected chi connectivity index (χ2v) is 6.07. The Balaban J connectivity index is 1.88. The van der Waals surface area contributed by atoms with E-state index in [-0.39, 0.29) is 5.91 Å². The van der Waals surface area contributed by atoms with Crippen molar-refractivity contribution in [3.05, 3.63) is 0 Å². The van der Waals surface area contributed by atoms with Crippen LogP contribution in [0.15, 0.2) is 0 Å². The third-order valence-electron chi connectivity index (χ3n) is 3.66. The Labute approximate surface area is 106 Å². The lowest BCUT2D eigenvalue weighted by atomic mass is 9.98. The van der Waals surface area contributed by atoms with Crippen molar-refractivity contribution < 1.29 is 14.7 Å². The molecule has 0 radical (unpaired) electrons. The third-order valence-corrected chi connectivity index (χ3v) is 4.71. The Hall–Kier alpha value is -0.710. The molecule has 0 spiro atoms. The van der Waals surface area contributed by atoms with Gasteiger partial charge in [-0.15, -0.1) is 0 Å². The molecule has 1 amide bonds. The number of aliphatic carboxylic acids is 1. The van der Waals surface area contributed by atoms with Crippen molar-refractivity contribution in [2.24, 2.45) is 5.92 Å². The number of carboxylic acid groups (broad SMARTS) is 1. The van der Waals surface area contributed by atoms with Gasteiger partial charge in [-0.1, -0.05) is 0 Å². The molecule has 2 heterocycles. The van der Waals surface area contributed by atoms with Gasteiger partial charge in [0.25, 0.3) is 0 Å². The average Bonchev–Trinajstić information content (AvgIpc) is 2.79. The molecule has 1 unspecified atom stereocenters. The fourth-order valence-corrected chi connectivity index (χ4v) is 3.84.